The molecular formula is C7H15N3O. The molecule has 0 bridgehead atoms. The average molecular weight is 157 g/mol. The third-order valence-electron chi connectivity index (χ3n) is 1.11. The van der Waals surface area contributed by atoms with Gasteiger partial charge in [-0.05, 0) is 21.0 Å². The molecule has 0 atom stereocenters. The first-order valence-corrected chi connectivity index (χ1v) is 3.53. The second-order valence-corrected chi connectivity index (χ2v) is 2.44. The van der Waals surface area contributed by atoms with Crippen LogP contribution in [0.4, 0.5) is 4.79 Å². The minimum Gasteiger partial charge on any atom is -0.338 e. The van der Waals surface area contributed by atoms with Gasteiger partial charge in [-0.3, -0.25) is 0 Å². The van der Waals surface area contributed by atoms with Crippen molar-refractivity contribution in [2.75, 3.05) is 33.7 Å². The fourth-order valence-corrected chi connectivity index (χ4v) is 0.548. The molecule has 0 aliphatic carbocycles. The Kier molecular flexibility index (Phi) is 5.56. The number of likely N-dealkylation sites (N-methyl/N-ethyl adjacent to an activating group) is 1. The lowest BCUT2D eigenvalue weighted by Gasteiger charge is -2.10. The molecule has 0 aromatic heterocycles. The number of hydrogen-bond acceptors (Lipinski definition) is 2. The topological polar surface area (TPSA) is 44.4 Å². The van der Waals surface area contributed by atoms with Crippen molar-refractivity contribution in [3.05, 3.63) is 6.92 Å². The highest BCUT2D eigenvalue weighted by Crippen LogP contribution is 1.70. The summed E-state index contributed by atoms with van der Waals surface area (Å²) in [5.41, 5.74) is 0. The van der Waals surface area contributed by atoms with Crippen molar-refractivity contribution >= 4 is 6.03 Å². The molecule has 0 heterocycles. The molecule has 0 saturated carbocycles. The van der Waals surface area contributed by atoms with Gasteiger partial charge >= 0.3 is 6.03 Å². The lowest BCUT2D eigenvalue weighted by atomic mass is 10.6. The zero-order valence-electron chi connectivity index (χ0n) is 7.05. The highest BCUT2D eigenvalue weighted by molar-refractivity contribution is 5.73. The number of carbonyl (C=O) groups is 1. The molecule has 0 rings (SSSR count). The first-order chi connectivity index (χ1) is 5.16. The summed E-state index contributed by atoms with van der Waals surface area (Å²) in [5.74, 6) is 0. The molecule has 0 aromatic carbocycles. The zero-order chi connectivity index (χ0) is 8.69. The minimum absolute atomic E-state index is 0.174. The summed E-state index contributed by atoms with van der Waals surface area (Å²) in [6, 6.07) is -0.214. The van der Waals surface area contributed by atoms with Crippen LogP contribution in [0.1, 0.15) is 0 Å². The molecule has 0 aliphatic heterocycles. The molecule has 0 aromatic rings. The van der Waals surface area contributed by atoms with Crippen LogP contribution in [0.2, 0.25) is 0 Å². The van der Waals surface area contributed by atoms with Crippen LogP contribution in [0.15, 0.2) is 0 Å². The quantitative estimate of drug-likeness (QED) is 0.581. The van der Waals surface area contributed by atoms with E-state index in [-0.39, 0.29) is 12.6 Å². The summed E-state index contributed by atoms with van der Waals surface area (Å²) in [6.07, 6.45) is 0. The van der Waals surface area contributed by atoms with Gasteiger partial charge in [0.05, 0.1) is 0 Å². The number of rotatable bonds is 4. The van der Waals surface area contributed by atoms with Gasteiger partial charge in [-0.15, -0.1) is 0 Å². The van der Waals surface area contributed by atoms with Crippen LogP contribution in [0, 0.1) is 6.92 Å². The van der Waals surface area contributed by atoms with E-state index in [1.54, 1.807) is 0 Å². The molecule has 2 radical (unpaired) electrons. The lowest BCUT2D eigenvalue weighted by molar-refractivity contribution is 0.240. The Hall–Kier alpha value is -0.770. The van der Waals surface area contributed by atoms with Crippen LogP contribution in [0.3, 0.4) is 0 Å². The smallest absolute Gasteiger partial charge is 0.314 e. The van der Waals surface area contributed by atoms with E-state index < -0.39 is 0 Å². The third-order valence-corrected chi connectivity index (χ3v) is 1.11. The molecule has 2 amide bonds. The molecule has 0 saturated heterocycles. The van der Waals surface area contributed by atoms with E-state index in [1.807, 2.05) is 19.0 Å². The maximum Gasteiger partial charge on any atom is 0.314 e. The lowest BCUT2D eigenvalue weighted by Crippen LogP contribution is -2.38. The summed E-state index contributed by atoms with van der Waals surface area (Å²) in [6.45, 7) is 6.72. The highest BCUT2D eigenvalue weighted by Gasteiger charge is 1.95. The Morgan fingerprint density at radius 2 is 2.09 bits per heavy atom. The maximum absolute atomic E-state index is 10.7. The van der Waals surface area contributed by atoms with Gasteiger partial charge in [0.25, 0.3) is 0 Å². The largest absolute Gasteiger partial charge is 0.338 e. The minimum atomic E-state index is -0.214. The van der Waals surface area contributed by atoms with Crippen LogP contribution >= 0.6 is 0 Å². The van der Waals surface area contributed by atoms with E-state index in [1.165, 1.54) is 0 Å². The van der Waals surface area contributed by atoms with Gasteiger partial charge in [-0.1, -0.05) is 0 Å². The normalized spacial score (nSPS) is 9.82. The standard InChI is InChI=1S/C7H15N3O/c1-4-8-7(11)9-5-6-10(2)3/h1H,4-6H2,2-3H3,(H2,8,9,11). The molecule has 2 N–H and O–H groups in total. The third kappa shape index (κ3) is 7.12. The van der Waals surface area contributed by atoms with Crippen molar-refractivity contribution in [3.8, 4) is 0 Å². The van der Waals surface area contributed by atoms with E-state index in [4.69, 9.17) is 6.92 Å². The number of nitrogens with zero attached hydrogens (tertiary/aromatic N) is 1. The summed E-state index contributed by atoms with van der Waals surface area (Å²) in [4.78, 5) is 12.7. The van der Waals surface area contributed by atoms with Gasteiger partial charge in [0.1, 0.15) is 0 Å². The van der Waals surface area contributed by atoms with Crippen molar-refractivity contribution in [3.63, 3.8) is 0 Å². The van der Waals surface area contributed by atoms with Crippen LogP contribution in [0.5, 0.6) is 0 Å². The number of nitrogens with one attached hydrogen (secondary N) is 2. The molecule has 0 aliphatic rings. The van der Waals surface area contributed by atoms with Crippen molar-refractivity contribution in [2.45, 2.75) is 0 Å². The van der Waals surface area contributed by atoms with E-state index in [2.05, 4.69) is 10.6 Å². The van der Waals surface area contributed by atoms with E-state index in [0.29, 0.717) is 6.54 Å². The van der Waals surface area contributed by atoms with Crippen molar-refractivity contribution in [1.29, 1.82) is 0 Å². The molecule has 4 nitrogen and oxygen atoms in total. The SMILES string of the molecule is [CH]CNC(=O)NCCN(C)C. The predicted octanol–water partition coefficient (Wildman–Crippen LogP) is -0.442. The van der Waals surface area contributed by atoms with Gasteiger partial charge in [-0.25, -0.2) is 4.79 Å². The summed E-state index contributed by atoms with van der Waals surface area (Å²) in [5, 5.41) is 5.07. The van der Waals surface area contributed by atoms with Gasteiger partial charge in [0.2, 0.25) is 0 Å². The molecule has 0 spiro atoms. The van der Waals surface area contributed by atoms with Crippen LogP contribution < -0.4 is 10.6 Å². The zero-order valence-corrected chi connectivity index (χ0v) is 7.05. The fourth-order valence-electron chi connectivity index (χ4n) is 0.548. The number of urea groups is 1. The van der Waals surface area contributed by atoms with Crippen molar-refractivity contribution in [1.82, 2.24) is 15.5 Å². The molecule has 4 heteroatoms. The predicted molar refractivity (Wildman–Crippen MR) is 44.3 cm³/mol. The van der Waals surface area contributed by atoms with E-state index in [9.17, 15) is 4.79 Å². The number of hydrogen-bond donors (Lipinski definition) is 2. The average Bonchev–Trinajstić information content (AvgIpc) is 1.87. The van der Waals surface area contributed by atoms with Gasteiger partial charge in [-0.2, -0.15) is 0 Å². The molecule has 64 valence electrons. The Bertz CT molecular complexity index is 114. The number of carbonyl (C=O) groups excluding carboxylic acids is 1. The first kappa shape index (κ1) is 10.2. The van der Waals surface area contributed by atoms with Crippen LogP contribution in [0.25, 0.3) is 0 Å². The summed E-state index contributed by atoms with van der Waals surface area (Å²) < 4.78 is 0. The Morgan fingerprint density at radius 3 is 2.55 bits per heavy atom. The maximum atomic E-state index is 10.7. The number of amides is 2. The molecular weight excluding hydrogens is 142 g/mol. The van der Waals surface area contributed by atoms with Crippen molar-refractivity contribution < 1.29 is 4.79 Å². The van der Waals surface area contributed by atoms with Crippen LogP contribution in [-0.2, 0) is 0 Å². The van der Waals surface area contributed by atoms with Gasteiger partial charge < -0.3 is 15.5 Å². The Labute approximate surface area is 67.9 Å². The van der Waals surface area contributed by atoms with Crippen molar-refractivity contribution in [2.24, 2.45) is 0 Å². The summed E-state index contributed by atoms with van der Waals surface area (Å²) >= 11 is 0. The summed E-state index contributed by atoms with van der Waals surface area (Å²) in [7, 11) is 3.89. The highest BCUT2D eigenvalue weighted by atomic mass is 16.2. The second kappa shape index (κ2) is 5.97. The van der Waals surface area contributed by atoms with E-state index >= 15 is 0 Å². The molecule has 11 heavy (non-hydrogen) atoms. The second-order valence-electron chi connectivity index (χ2n) is 2.44. The fraction of sp³-hybridized carbons (Fsp3) is 0.714. The molecule has 0 unspecified atom stereocenters. The van der Waals surface area contributed by atoms with Gasteiger partial charge in [0, 0.05) is 19.6 Å². The van der Waals surface area contributed by atoms with E-state index in [0.717, 1.165) is 6.54 Å². The van der Waals surface area contributed by atoms with Crippen LogP contribution in [-0.4, -0.2) is 44.7 Å². The van der Waals surface area contributed by atoms with Gasteiger partial charge in [0.15, 0.2) is 0 Å². The Morgan fingerprint density at radius 1 is 1.45 bits per heavy atom. The first-order valence-electron chi connectivity index (χ1n) is 3.53. The molecule has 0 fully saturated rings. The Balaban J connectivity index is 3.17. The monoisotopic (exact) mass is 157 g/mol.